The number of thiol groups is 3. The van der Waals surface area contributed by atoms with Gasteiger partial charge in [-0.15, -0.1) is 29.5 Å². The molecule has 0 aromatic carbocycles. The van der Waals surface area contributed by atoms with Crippen molar-refractivity contribution >= 4 is 73.4 Å². The maximum Gasteiger partial charge on any atom is 0.352 e. The number of hydrogen-bond donors (Lipinski definition) is 5. The van der Waals surface area contributed by atoms with Crippen molar-refractivity contribution in [3.8, 4) is 18.0 Å². The van der Waals surface area contributed by atoms with Crippen LogP contribution >= 0.6 is 49.6 Å². The quantitative estimate of drug-likeness (QED) is 0.0922. The van der Waals surface area contributed by atoms with Crippen LogP contribution in [-0.4, -0.2) is 91.1 Å². The van der Waals surface area contributed by atoms with Crippen molar-refractivity contribution in [2.24, 2.45) is 0 Å². The van der Waals surface area contributed by atoms with E-state index in [0.29, 0.717) is 4.90 Å². The van der Waals surface area contributed by atoms with Crippen molar-refractivity contribution in [2.45, 2.75) is 32.2 Å². The van der Waals surface area contributed by atoms with E-state index in [1.807, 2.05) is 0 Å². The number of tetrazole rings is 1. The van der Waals surface area contributed by atoms with Crippen LogP contribution < -0.4 is 0 Å². The van der Waals surface area contributed by atoms with E-state index in [4.69, 9.17) is 0 Å². The molecule has 1 saturated heterocycles. The van der Waals surface area contributed by atoms with Crippen LogP contribution in [0.4, 0.5) is 0 Å². The molecule has 4 heterocycles. The van der Waals surface area contributed by atoms with Crippen LogP contribution in [0.25, 0.3) is 0 Å². The molecule has 0 saturated carbocycles. The molecule has 1 fully saturated rings. The van der Waals surface area contributed by atoms with Crippen LogP contribution in [0.1, 0.15) is 11.9 Å². The Morgan fingerprint density at radius 3 is 2.56 bits per heavy atom. The second-order valence-corrected chi connectivity index (χ2v) is 10.7. The van der Waals surface area contributed by atoms with Crippen LogP contribution in [-0.2, 0) is 23.9 Å². The first-order valence-corrected chi connectivity index (χ1v) is 11.8. The third-order valence-corrected chi connectivity index (χ3v) is 9.27. The van der Waals surface area contributed by atoms with Gasteiger partial charge in [0.25, 0.3) is 11.8 Å². The summed E-state index contributed by atoms with van der Waals surface area (Å²) < 4.78 is -2.00. The molecular formula is C17H11N7O6S4. The lowest BCUT2D eigenvalue weighted by atomic mass is 9.83. The number of amides is 2. The molecule has 0 spiro atoms. The SMILES string of the molecule is N#CN(C(=O)C1(S)C#C1)C1C(=O)N2C(C(=O)O)=C(C(S)C3(S)c4nnnn4C3C(=O)O)CSC12. The lowest BCUT2D eigenvalue weighted by Crippen LogP contribution is -2.71. The summed E-state index contributed by atoms with van der Waals surface area (Å²) >= 11 is 14.2. The molecule has 1 aromatic heterocycles. The van der Waals surface area contributed by atoms with E-state index in [-0.39, 0.29) is 17.2 Å². The zero-order chi connectivity index (χ0) is 24.7. The molecule has 2 N–H and O–H groups in total. The van der Waals surface area contributed by atoms with Crippen LogP contribution in [0, 0.1) is 23.3 Å². The molecule has 5 unspecified atom stereocenters. The molecule has 0 bridgehead atoms. The van der Waals surface area contributed by atoms with Gasteiger partial charge in [0.15, 0.2) is 24.1 Å². The molecule has 13 nitrogen and oxygen atoms in total. The highest BCUT2D eigenvalue weighted by Gasteiger charge is 2.65. The molecule has 174 valence electrons. The predicted molar refractivity (Wildman–Crippen MR) is 121 cm³/mol. The number of carbonyl (C=O) groups is 4. The fourth-order valence-electron chi connectivity index (χ4n) is 4.22. The molecule has 1 aliphatic carbocycles. The number of rotatable bonds is 6. The summed E-state index contributed by atoms with van der Waals surface area (Å²) in [6, 6.07) is -2.57. The van der Waals surface area contributed by atoms with Crippen LogP contribution in [0.2, 0.25) is 0 Å². The number of carboxylic acids is 2. The molecule has 34 heavy (non-hydrogen) atoms. The van der Waals surface area contributed by atoms with Gasteiger partial charge < -0.3 is 10.2 Å². The van der Waals surface area contributed by atoms with E-state index in [2.05, 4.69) is 65.3 Å². The second-order valence-electron chi connectivity index (χ2n) is 7.68. The number of thioether (sulfide) groups is 1. The van der Waals surface area contributed by atoms with Crippen molar-refractivity contribution in [1.82, 2.24) is 30.0 Å². The Kier molecular flexibility index (Phi) is 4.93. The van der Waals surface area contributed by atoms with E-state index >= 15 is 0 Å². The first-order chi connectivity index (χ1) is 16.0. The molecule has 17 heteroatoms. The monoisotopic (exact) mass is 537 g/mol. The standard InChI is InChI=1S/C17H11N7O6S4/c18-4-22(15(30)16(32)1-2-16)7-10(25)23-6(12(26)27)5(3-34-11(7)23)9(31)17(33)8(13(28)29)24-14(17)19-20-21-24/h7-9,11,31-33H,3H2,(H,26,27)(H,28,29). The van der Waals surface area contributed by atoms with E-state index in [1.165, 1.54) is 0 Å². The fraction of sp³-hybridized carbons (Fsp3) is 0.412. The molecule has 5 rings (SSSR count). The highest BCUT2D eigenvalue weighted by molar-refractivity contribution is 8.00. The summed E-state index contributed by atoms with van der Waals surface area (Å²) in [5, 5.41) is 38.0. The number of hydrogen-bond acceptors (Lipinski definition) is 12. The maximum absolute atomic E-state index is 13.0. The van der Waals surface area contributed by atoms with Crippen molar-refractivity contribution in [1.29, 1.82) is 5.26 Å². The van der Waals surface area contributed by atoms with Gasteiger partial charge in [-0.1, -0.05) is 11.8 Å². The van der Waals surface area contributed by atoms with E-state index in [1.54, 1.807) is 6.19 Å². The largest absolute Gasteiger partial charge is 0.480 e. The predicted octanol–water partition coefficient (Wildman–Crippen LogP) is -1.65. The normalized spacial score (nSPS) is 30.4. The lowest BCUT2D eigenvalue weighted by Gasteiger charge is -2.53. The maximum atomic E-state index is 13.0. The Balaban J connectivity index is 1.50. The van der Waals surface area contributed by atoms with Gasteiger partial charge in [-0.2, -0.15) is 30.5 Å². The number of aromatic nitrogens is 4. The average Bonchev–Trinajstić information content (AvgIpc) is 3.40. The smallest absolute Gasteiger partial charge is 0.352 e. The van der Waals surface area contributed by atoms with E-state index in [0.717, 1.165) is 21.3 Å². The molecule has 5 atom stereocenters. The van der Waals surface area contributed by atoms with Crippen molar-refractivity contribution in [2.75, 3.05) is 5.75 Å². The summed E-state index contributed by atoms with van der Waals surface area (Å²) in [4.78, 5) is 51.3. The number of nitriles is 1. The highest BCUT2D eigenvalue weighted by Crippen LogP contribution is 2.55. The van der Waals surface area contributed by atoms with Crippen molar-refractivity contribution in [3.63, 3.8) is 0 Å². The molecule has 1 aromatic rings. The van der Waals surface area contributed by atoms with Crippen molar-refractivity contribution < 1.29 is 29.4 Å². The van der Waals surface area contributed by atoms with Gasteiger partial charge in [-0.25, -0.2) is 19.2 Å². The third-order valence-electron chi connectivity index (χ3n) is 5.94. The fourth-order valence-corrected chi connectivity index (χ4v) is 6.93. The van der Waals surface area contributed by atoms with Crippen LogP contribution in [0.5, 0.6) is 0 Å². The first kappa shape index (κ1) is 22.9. The summed E-state index contributed by atoms with van der Waals surface area (Å²) in [6.45, 7) is 0. The van der Waals surface area contributed by atoms with Crippen LogP contribution in [0.3, 0.4) is 0 Å². The number of carbonyl (C=O) groups excluding carboxylic acids is 2. The van der Waals surface area contributed by atoms with Gasteiger partial charge in [0.2, 0.25) is 4.75 Å². The van der Waals surface area contributed by atoms with Crippen LogP contribution in [0.15, 0.2) is 11.3 Å². The van der Waals surface area contributed by atoms with Gasteiger partial charge in [-0.3, -0.25) is 14.5 Å². The zero-order valence-corrected chi connectivity index (χ0v) is 19.9. The number of fused-ring (bicyclic) bond motifs is 2. The lowest BCUT2D eigenvalue weighted by molar-refractivity contribution is -0.156. The zero-order valence-electron chi connectivity index (χ0n) is 16.4. The molecule has 4 aliphatic rings. The number of carboxylic acid groups (broad SMARTS) is 2. The van der Waals surface area contributed by atoms with E-state index < -0.39 is 61.7 Å². The molecular weight excluding hydrogens is 526 g/mol. The summed E-state index contributed by atoms with van der Waals surface area (Å²) in [6.07, 6.45) is 1.67. The number of aliphatic carboxylic acids is 2. The second kappa shape index (κ2) is 7.32. The minimum atomic E-state index is -1.56. The average molecular weight is 538 g/mol. The Bertz CT molecular complexity index is 1340. The highest BCUT2D eigenvalue weighted by atomic mass is 32.2. The Hall–Kier alpha value is -2.86. The summed E-state index contributed by atoms with van der Waals surface area (Å²) in [7, 11) is 0. The van der Waals surface area contributed by atoms with Gasteiger partial charge in [-0.05, 0) is 16.0 Å². The first-order valence-electron chi connectivity index (χ1n) is 9.31. The topological polar surface area (TPSA) is 183 Å². The molecule has 3 aliphatic heterocycles. The number of β-lactam (4-membered cyclic amide) rings is 1. The molecule has 2 amide bonds. The van der Waals surface area contributed by atoms with Gasteiger partial charge in [0, 0.05) is 5.75 Å². The van der Waals surface area contributed by atoms with E-state index in [9.17, 15) is 34.7 Å². The van der Waals surface area contributed by atoms with Gasteiger partial charge in [0.05, 0.1) is 5.25 Å². The minimum absolute atomic E-state index is 0.00688. The van der Waals surface area contributed by atoms with Gasteiger partial charge >= 0.3 is 11.9 Å². The van der Waals surface area contributed by atoms with Gasteiger partial charge in [0.1, 0.15) is 15.8 Å². The summed E-state index contributed by atoms with van der Waals surface area (Å²) in [5.41, 5.74) is -0.285. The number of nitrogens with zero attached hydrogens (tertiary/aromatic N) is 7. The van der Waals surface area contributed by atoms with Crippen molar-refractivity contribution in [3.05, 3.63) is 17.1 Å². The Morgan fingerprint density at radius 2 is 2.00 bits per heavy atom. The Morgan fingerprint density at radius 1 is 1.32 bits per heavy atom. The Labute approximate surface area is 210 Å². The minimum Gasteiger partial charge on any atom is -0.480 e. The summed E-state index contributed by atoms with van der Waals surface area (Å²) in [5.74, 6) is 0.674. The third kappa shape index (κ3) is 2.78. The molecule has 0 radical (unpaired) electrons.